The predicted octanol–water partition coefficient (Wildman–Crippen LogP) is -3.76. The van der Waals surface area contributed by atoms with Crippen LogP contribution in [0.5, 0.6) is 0 Å². The van der Waals surface area contributed by atoms with Crippen molar-refractivity contribution in [3.8, 4) is 0 Å². The van der Waals surface area contributed by atoms with E-state index in [2.05, 4.69) is 34.8 Å². The number of carbonyl (C=O) groups excluding carboxylic acids is 3. The molecule has 8 rings (SSSR count). The molecule has 5 aliphatic heterocycles. The van der Waals surface area contributed by atoms with Gasteiger partial charge in [0.25, 0.3) is 17.7 Å². The molecule has 0 aliphatic carbocycles. The first-order valence-corrected chi connectivity index (χ1v) is 23.4. The summed E-state index contributed by atoms with van der Waals surface area (Å²) in [6.45, 7) is 8.38. The molecule has 3 aromatic heterocycles. The Morgan fingerprint density at radius 2 is 0.954 bits per heavy atom. The topological polar surface area (TPSA) is 440 Å². The van der Waals surface area contributed by atoms with Crippen LogP contribution in [0.3, 0.4) is 0 Å². The summed E-state index contributed by atoms with van der Waals surface area (Å²) in [5.74, 6) is -4.49. The standard InChI is InChI=1S/C12H19N4O7P.C11H16N4O5.C9H15N4O7P/c1-12(2)22-7-6(4-20-24(3,18)19)21-11(8(7)23-12)16-5-14-10(15-16)9(13)17;1-11(2)19-6-5(3-16)18-10(7(6)20-11)15-4-13-9(14-15)8(12)17;1-21(17,18)19-2-4-5(14)6(15)9(20-4)13-3-11-8(12-13)7(10)16/h5-8,11H,4H2,1-3H3,(H2,13,17)(H,18,19);4-7,10,16H,3H2,1-2H3,(H2,12,17);3-6,9,14-15H,2H2,1H3,(H2,10,16)(H,17,18)/t6-,7+,8?,11-;5-,6+,7?,10-;4-,5+,6?,9-/m111/s1. The van der Waals surface area contributed by atoms with Crippen molar-refractivity contribution >= 4 is 32.9 Å². The zero-order valence-electron chi connectivity index (χ0n) is 35.4. The van der Waals surface area contributed by atoms with Crippen molar-refractivity contribution in [1.82, 2.24) is 44.3 Å². The molecule has 8 heterocycles. The Morgan fingerprint density at radius 1 is 0.615 bits per heavy atom. The van der Waals surface area contributed by atoms with Crippen molar-refractivity contribution in [2.24, 2.45) is 17.2 Å². The molecule has 5 fully saturated rings. The minimum atomic E-state index is -3.73. The molecular weight excluding hydrogens is 918 g/mol. The molecule has 0 radical (unpaired) electrons. The first-order valence-electron chi connectivity index (χ1n) is 19.3. The zero-order valence-corrected chi connectivity index (χ0v) is 37.2. The molecule has 5 unspecified atom stereocenters. The van der Waals surface area contributed by atoms with Crippen molar-refractivity contribution in [3.05, 3.63) is 36.5 Å². The van der Waals surface area contributed by atoms with Gasteiger partial charge in [-0.15, -0.1) is 15.3 Å². The van der Waals surface area contributed by atoms with E-state index in [1.807, 2.05) is 0 Å². The van der Waals surface area contributed by atoms with Crippen molar-refractivity contribution < 1.29 is 90.8 Å². The van der Waals surface area contributed by atoms with E-state index >= 15 is 0 Å². The Balaban J connectivity index is 0.000000162. The number of ether oxygens (including phenoxy) is 7. The van der Waals surface area contributed by atoms with Gasteiger partial charge in [0.1, 0.15) is 73.9 Å². The highest BCUT2D eigenvalue weighted by Gasteiger charge is 2.57. The van der Waals surface area contributed by atoms with Gasteiger partial charge in [-0.25, -0.2) is 29.0 Å². The lowest BCUT2D eigenvalue weighted by molar-refractivity contribution is -0.201. The SMILES string of the molecule is CC1(C)OC2[C@@H](O1)[C@@H](CO)O[C@H]2n1cnc(C(N)=O)n1.CC1(C)OC2[C@@H](O1)[C@@H](COP(C)(=O)O)O[C@H]2n1cnc(C(N)=O)n1.CP(=O)(O)OC[C@H]1O[C@@H](n2cnc(C(N)=O)n2)C(O)[C@H]1O. The van der Waals surface area contributed by atoms with Crippen molar-refractivity contribution in [2.45, 2.75) is 113 Å². The fraction of sp³-hybridized carbons (Fsp3) is 0.719. The summed E-state index contributed by atoms with van der Waals surface area (Å²) >= 11 is 0. The quantitative estimate of drug-likeness (QED) is 0.0763. The number of aliphatic hydroxyl groups excluding tert-OH is 3. The van der Waals surface area contributed by atoms with E-state index in [-0.39, 0.29) is 30.7 Å². The van der Waals surface area contributed by atoms with Gasteiger partial charge in [-0.1, -0.05) is 0 Å². The van der Waals surface area contributed by atoms with Crippen molar-refractivity contribution in [3.63, 3.8) is 0 Å². The van der Waals surface area contributed by atoms with Gasteiger partial charge in [0.15, 0.2) is 30.3 Å². The smallest absolute Gasteiger partial charge is 0.325 e. The summed E-state index contributed by atoms with van der Waals surface area (Å²) in [7, 11) is -7.39. The van der Waals surface area contributed by atoms with Gasteiger partial charge in [-0.3, -0.25) is 23.5 Å². The summed E-state index contributed by atoms with van der Waals surface area (Å²) in [4.78, 5) is 62.6. The van der Waals surface area contributed by atoms with Crippen LogP contribution in [-0.4, -0.2) is 187 Å². The molecule has 65 heavy (non-hydrogen) atoms. The molecule has 0 aromatic carbocycles. The monoisotopic (exact) mass is 968 g/mol. The van der Waals surface area contributed by atoms with Crippen molar-refractivity contribution in [2.75, 3.05) is 33.2 Å². The maximum Gasteiger partial charge on any atom is 0.325 e. The Labute approximate surface area is 367 Å². The molecule has 33 heteroatoms. The van der Waals surface area contributed by atoms with Gasteiger partial charge >= 0.3 is 15.2 Å². The second-order valence-corrected chi connectivity index (χ2v) is 19.7. The van der Waals surface area contributed by atoms with E-state index < -0.39 is 125 Å². The zero-order chi connectivity index (χ0) is 48.0. The lowest BCUT2D eigenvalue weighted by atomic mass is 10.1. The fourth-order valence-electron chi connectivity index (χ4n) is 7.07. The van der Waals surface area contributed by atoms with Gasteiger partial charge < -0.3 is 84.5 Å². The molecule has 0 saturated carbocycles. The summed E-state index contributed by atoms with van der Waals surface area (Å²) in [5, 5.41) is 40.7. The molecule has 362 valence electrons. The number of amides is 3. The highest BCUT2D eigenvalue weighted by Crippen LogP contribution is 2.46. The molecule has 3 aromatic rings. The van der Waals surface area contributed by atoms with E-state index in [1.165, 1.54) is 22.0 Å². The van der Waals surface area contributed by atoms with Crippen LogP contribution in [0.25, 0.3) is 0 Å². The Bertz CT molecular complexity index is 2280. The average molecular weight is 969 g/mol. The van der Waals surface area contributed by atoms with Gasteiger partial charge in [-0.2, -0.15) is 0 Å². The average Bonchev–Trinajstić information content (AvgIpc) is 4.05. The van der Waals surface area contributed by atoms with Crippen LogP contribution >= 0.6 is 15.2 Å². The number of fused-ring (bicyclic) bond motifs is 2. The minimum Gasteiger partial charge on any atom is -0.394 e. The fourth-order valence-corrected chi connectivity index (χ4v) is 7.91. The number of hydrogen-bond acceptors (Lipinski definition) is 23. The number of aromatic nitrogens is 9. The largest absolute Gasteiger partial charge is 0.394 e. The lowest BCUT2D eigenvalue weighted by Gasteiger charge is -2.24. The van der Waals surface area contributed by atoms with Crippen LogP contribution in [0.1, 0.15) is 78.2 Å². The number of nitrogens with zero attached hydrogens (tertiary/aromatic N) is 9. The van der Waals surface area contributed by atoms with E-state index in [9.17, 15) is 43.7 Å². The number of carbonyl (C=O) groups is 3. The van der Waals surface area contributed by atoms with E-state index in [4.69, 9.17) is 59.8 Å². The summed E-state index contributed by atoms with van der Waals surface area (Å²) < 4.78 is 75.6. The third-order valence-electron chi connectivity index (χ3n) is 9.69. The van der Waals surface area contributed by atoms with Crippen molar-refractivity contribution in [1.29, 1.82) is 0 Å². The highest BCUT2D eigenvalue weighted by molar-refractivity contribution is 7.52. The van der Waals surface area contributed by atoms with Crippen LogP contribution in [0.15, 0.2) is 19.0 Å². The molecule has 3 amide bonds. The van der Waals surface area contributed by atoms with E-state index in [0.29, 0.717) is 0 Å². The summed E-state index contributed by atoms with van der Waals surface area (Å²) in [6, 6.07) is 0. The second kappa shape index (κ2) is 19.1. The third-order valence-corrected chi connectivity index (χ3v) is 10.9. The molecule has 0 spiro atoms. The third kappa shape index (κ3) is 12.0. The van der Waals surface area contributed by atoms with Crippen LogP contribution < -0.4 is 17.2 Å². The van der Waals surface area contributed by atoms with Gasteiger partial charge in [-0.05, 0) is 27.7 Å². The van der Waals surface area contributed by atoms with E-state index in [0.717, 1.165) is 24.3 Å². The normalized spacial score (nSPS) is 33.7. The van der Waals surface area contributed by atoms with Crippen LogP contribution in [0.4, 0.5) is 0 Å². The van der Waals surface area contributed by atoms with Crippen LogP contribution in [0.2, 0.25) is 0 Å². The minimum absolute atomic E-state index is 0.101. The summed E-state index contributed by atoms with van der Waals surface area (Å²) in [6.07, 6.45) is -5.59. The Kier molecular flexibility index (Phi) is 14.8. The number of nitrogens with two attached hydrogens (primary N) is 3. The number of primary amides is 3. The first kappa shape index (κ1) is 50.1. The van der Waals surface area contributed by atoms with E-state index in [1.54, 1.807) is 27.7 Å². The maximum absolute atomic E-state index is 11.3. The molecule has 11 N–H and O–H groups in total. The number of hydrogen-bond donors (Lipinski definition) is 8. The lowest BCUT2D eigenvalue weighted by Crippen LogP contribution is -2.33. The highest BCUT2D eigenvalue weighted by atomic mass is 31.2. The Morgan fingerprint density at radius 3 is 1.32 bits per heavy atom. The van der Waals surface area contributed by atoms with Gasteiger partial charge in [0.2, 0.25) is 17.5 Å². The second-order valence-electron chi connectivity index (χ2n) is 15.9. The number of aliphatic hydroxyl groups is 3. The predicted molar refractivity (Wildman–Crippen MR) is 208 cm³/mol. The van der Waals surface area contributed by atoms with Gasteiger partial charge in [0.05, 0.1) is 19.8 Å². The molecular formula is C32H50N12O19P2. The molecule has 5 saturated heterocycles. The van der Waals surface area contributed by atoms with Crippen LogP contribution in [-0.2, 0) is 51.3 Å². The first-order chi connectivity index (χ1) is 30.2. The molecule has 31 nitrogen and oxygen atoms in total. The number of rotatable bonds is 13. The summed E-state index contributed by atoms with van der Waals surface area (Å²) in [5.41, 5.74) is 15.3. The maximum atomic E-state index is 11.3. The molecule has 0 bridgehead atoms. The molecule has 14 atom stereocenters. The van der Waals surface area contributed by atoms with Crippen LogP contribution in [0, 0.1) is 0 Å². The Hall–Kier alpha value is -4.27. The molecule has 5 aliphatic rings. The van der Waals surface area contributed by atoms with Gasteiger partial charge in [0, 0.05) is 13.3 Å².